The number of aryl methyl sites for hydroxylation is 2. The highest BCUT2D eigenvalue weighted by molar-refractivity contribution is 7.15. The summed E-state index contributed by atoms with van der Waals surface area (Å²) < 4.78 is 11.8. The zero-order valence-corrected chi connectivity index (χ0v) is 15.5. The molecule has 0 spiro atoms. The minimum absolute atomic E-state index is 0.0136. The van der Waals surface area contributed by atoms with Crippen LogP contribution in [0.4, 0.5) is 0 Å². The van der Waals surface area contributed by atoms with Gasteiger partial charge < -0.3 is 15.2 Å². The first-order chi connectivity index (χ1) is 12.0. The van der Waals surface area contributed by atoms with E-state index in [4.69, 9.17) is 15.2 Å². The summed E-state index contributed by atoms with van der Waals surface area (Å²) in [7, 11) is 0. The number of thiazole rings is 1. The second kappa shape index (κ2) is 7.68. The lowest BCUT2D eigenvalue weighted by Gasteiger charge is -2.08. The van der Waals surface area contributed by atoms with Gasteiger partial charge in [-0.1, -0.05) is 36.8 Å². The third-order valence-electron chi connectivity index (χ3n) is 3.88. The van der Waals surface area contributed by atoms with E-state index in [1.54, 1.807) is 6.20 Å². The average molecular weight is 354 g/mol. The van der Waals surface area contributed by atoms with E-state index in [2.05, 4.69) is 24.9 Å². The van der Waals surface area contributed by atoms with Gasteiger partial charge in [-0.15, -0.1) is 0 Å². The van der Waals surface area contributed by atoms with Gasteiger partial charge in [-0.2, -0.15) is 0 Å². The number of nitrogens with two attached hydrogens (primary N) is 1. The molecule has 0 saturated carbocycles. The molecule has 3 rings (SSSR count). The number of benzene rings is 2. The Morgan fingerprint density at radius 1 is 1.12 bits per heavy atom. The van der Waals surface area contributed by atoms with Crippen LogP contribution in [0.5, 0.6) is 21.8 Å². The van der Waals surface area contributed by atoms with Gasteiger partial charge >= 0.3 is 0 Å². The van der Waals surface area contributed by atoms with Gasteiger partial charge in [0.2, 0.25) is 5.06 Å². The fraction of sp³-hybridized carbons (Fsp3) is 0.250. The third-order valence-corrected chi connectivity index (χ3v) is 4.64. The summed E-state index contributed by atoms with van der Waals surface area (Å²) >= 11 is 1.38. The molecule has 3 aromatic rings. The quantitative estimate of drug-likeness (QED) is 0.624. The number of nitrogens with zero attached hydrogens (tertiary/aromatic N) is 1. The highest BCUT2D eigenvalue weighted by Crippen LogP contribution is 2.35. The number of aromatic nitrogens is 1. The van der Waals surface area contributed by atoms with Crippen molar-refractivity contribution < 1.29 is 9.47 Å². The SMILES string of the molecule is CCc1cc(C)ccc1Oc1ncc(Oc2ccc(C(C)N)cc2)s1. The molecular weight excluding hydrogens is 332 g/mol. The summed E-state index contributed by atoms with van der Waals surface area (Å²) in [4.78, 5) is 4.30. The lowest BCUT2D eigenvalue weighted by Crippen LogP contribution is -2.04. The van der Waals surface area contributed by atoms with Gasteiger partial charge in [0.15, 0.2) is 0 Å². The largest absolute Gasteiger partial charge is 0.445 e. The average Bonchev–Trinajstić information content (AvgIpc) is 3.04. The van der Waals surface area contributed by atoms with Crippen LogP contribution >= 0.6 is 11.3 Å². The highest BCUT2D eigenvalue weighted by Gasteiger charge is 2.09. The molecule has 0 bridgehead atoms. The standard InChI is InChI=1S/C20H22N2O2S/c1-4-15-11-13(2)5-10-18(15)24-20-22-12-19(25-20)23-17-8-6-16(7-9-17)14(3)21/h5-12,14H,4,21H2,1-3H3. The predicted molar refractivity (Wildman–Crippen MR) is 102 cm³/mol. The van der Waals surface area contributed by atoms with Crippen molar-refractivity contribution in [1.82, 2.24) is 4.98 Å². The summed E-state index contributed by atoms with van der Waals surface area (Å²) in [6.45, 7) is 6.15. The topological polar surface area (TPSA) is 57.4 Å². The molecule has 0 fully saturated rings. The molecule has 1 aromatic heterocycles. The highest BCUT2D eigenvalue weighted by atomic mass is 32.1. The van der Waals surface area contributed by atoms with Crippen molar-refractivity contribution in [2.75, 3.05) is 0 Å². The maximum absolute atomic E-state index is 5.94. The van der Waals surface area contributed by atoms with Crippen LogP contribution in [0.1, 0.15) is 36.6 Å². The molecule has 130 valence electrons. The van der Waals surface area contributed by atoms with Gasteiger partial charge in [0, 0.05) is 6.04 Å². The first-order valence-corrected chi connectivity index (χ1v) is 9.13. The van der Waals surface area contributed by atoms with E-state index in [-0.39, 0.29) is 6.04 Å². The van der Waals surface area contributed by atoms with Crippen molar-refractivity contribution in [3.63, 3.8) is 0 Å². The van der Waals surface area contributed by atoms with Crippen molar-refractivity contribution in [3.8, 4) is 21.8 Å². The summed E-state index contributed by atoms with van der Waals surface area (Å²) in [5.74, 6) is 1.60. The van der Waals surface area contributed by atoms with Crippen LogP contribution in [0.2, 0.25) is 0 Å². The molecule has 1 atom stereocenters. The maximum Gasteiger partial charge on any atom is 0.282 e. The fourth-order valence-electron chi connectivity index (χ4n) is 2.47. The van der Waals surface area contributed by atoms with Crippen LogP contribution in [0, 0.1) is 6.92 Å². The molecule has 25 heavy (non-hydrogen) atoms. The minimum atomic E-state index is 0.0136. The van der Waals surface area contributed by atoms with Crippen LogP contribution in [0.25, 0.3) is 0 Å². The van der Waals surface area contributed by atoms with E-state index in [9.17, 15) is 0 Å². The van der Waals surface area contributed by atoms with E-state index in [1.807, 2.05) is 43.3 Å². The Morgan fingerprint density at radius 2 is 1.88 bits per heavy atom. The Hall–Kier alpha value is -2.37. The second-order valence-electron chi connectivity index (χ2n) is 5.97. The Morgan fingerprint density at radius 3 is 2.56 bits per heavy atom. The summed E-state index contributed by atoms with van der Waals surface area (Å²) in [5.41, 5.74) is 9.33. The summed E-state index contributed by atoms with van der Waals surface area (Å²) in [5, 5.41) is 1.26. The third kappa shape index (κ3) is 4.38. The molecule has 0 aliphatic carbocycles. The van der Waals surface area contributed by atoms with Crippen molar-refractivity contribution in [2.45, 2.75) is 33.2 Å². The molecular formula is C20H22N2O2S. The molecule has 2 aromatic carbocycles. The number of hydrogen-bond acceptors (Lipinski definition) is 5. The number of ether oxygens (including phenoxy) is 2. The Bertz CT molecular complexity index is 841. The van der Waals surface area contributed by atoms with Crippen LogP contribution < -0.4 is 15.2 Å². The molecule has 0 aliphatic heterocycles. The van der Waals surface area contributed by atoms with E-state index in [0.717, 1.165) is 23.5 Å². The number of rotatable bonds is 6. The van der Waals surface area contributed by atoms with Gasteiger partial charge in [0.1, 0.15) is 11.5 Å². The smallest absolute Gasteiger partial charge is 0.282 e. The predicted octanol–water partition coefficient (Wildman–Crippen LogP) is 5.62. The first kappa shape index (κ1) is 17.5. The van der Waals surface area contributed by atoms with Crippen LogP contribution in [0.15, 0.2) is 48.7 Å². The van der Waals surface area contributed by atoms with Crippen LogP contribution in [-0.4, -0.2) is 4.98 Å². The molecule has 0 aliphatic rings. The van der Waals surface area contributed by atoms with Crippen molar-refractivity contribution in [2.24, 2.45) is 5.73 Å². The van der Waals surface area contributed by atoms with E-state index in [1.165, 1.54) is 22.5 Å². The van der Waals surface area contributed by atoms with E-state index in [0.29, 0.717) is 10.3 Å². The van der Waals surface area contributed by atoms with Crippen molar-refractivity contribution in [3.05, 3.63) is 65.4 Å². The normalized spacial score (nSPS) is 12.0. The van der Waals surface area contributed by atoms with Crippen molar-refractivity contribution >= 4 is 11.3 Å². The van der Waals surface area contributed by atoms with Gasteiger partial charge in [-0.05, 0) is 60.9 Å². The van der Waals surface area contributed by atoms with Gasteiger partial charge in [-0.3, -0.25) is 0 Å². The van der Waals surface area contributed by atoms with Crippen LogP contribution in [0.3, 0.4) is 0 Å². The Kier molecular flexibility index (Phi) is 5.36. The lowest BCUT2D eigenvalue weighted by atomic mass is 10.1. The molecule has 5 heteroatoms. The number of hydrogen-bond donors (Lipinski definition) is 1. The van der Waals surface area contributed by atoms with Gasteiger partial charge in [-0.25, -0.2) is 4.98 Å². The molecule has 4 nitrogen and oxygen atoms in total. The summed E-state index contributed by atoms with van der Waals surface area (Å²) in [6, 6.07) is 13.9. The monoisotopic (exact) mass is 354 g/mol. The second-order valence-corrected chi connectivity index (χ2v) is 6.93. The lowest BCUT2D eigenvalue weighted by molar-refractivity contribution is 0.473. The Labute approximate surface area is 152 Å². The maximum atomic E-state index is 5.94. The van der Waals surface area contributed by atoms with Gasteiger partial charge in [0.05, 0.1) is 6.20 Å². The molecule has 1 heterocycles. The zero-order valence-electron chi connectivity index (χ0n) is 14.7. The van der Waals surface area contributed by atoms with Crippen LogP contribution in [-0.2, 0) is 6.42 Å². The van der Waals surface area contributed by atoms with E-state index < -0.39 is 0 Å². The molecule has 1 unspecified atom stereocenters. The van der Waals surface area contributed by atoms with Crippen molar-refractivity contribution in [1.29, 1.82) is 0 Å². The molecule has 2 N–H and O–H groups in total. The molecule has 0 amide bonds. The first-order valence-electron chi connectivity index (χ1n) is 8.31. The fourth-order valence-corrected chi connectivity index (χ4v) is 3.12. The minimum Gasteiger partial charge on any atom is -0.445 e. The van der Waals surface area contributed by atoms with Gasteiger partial charge in [0.25, 0.3) is 5.19 Å². The summed E-state index contributed by atoms with van der Waals surface area (Å²) in [6.07, 6.45) is 2.59. The molecule has 0 radical (unpaired) electrons. The van der Waals surface area contributed by atoms with E-state index >= 15 is 0 Å². The molecule has 0 saturated heterocycles. The zero-order chi connectivity index (χ0) is 17.8. The Balaban J connectivity index is 1.70.